The number of urea groups is 1. The molecule has 0 aliphatic heterocycles. The van der Waals surface area contributed by atoms with Crippen LogP contribution in [0.2, 0.25) is 0 Å². The zero-order valence-corrected chi connectivity index (χ0v) is 12.1. The lowest BCUT2D eigenvalue weighted by Crippen LogP contribution is -2.31. The number of carbonyl (C=O) groups is 1. The molecule has 0 fully saturated rings. The van der Waals surface area contributed by atoms with Gasteiger partial charge in [0.2, 0.25) is 0 Å². The van der Waals surface area contributed by atoms with Crippen molar-refractivity contribution in [1.29, 1.82) is 5.26 Å². The quantitative estimate of drug-likeness (QED) is 0.875. The standard InChI is InChI=1S/C15H16FN5O/c1-10-20-8-13(4-5-19-15(18)22)21(10)9-11-2-3-12(7-17)14(16)6-11/h2-3,6,8H,4-5,9H2,1H3,(H3,18,19,22). The number of benzene rings is 1. The summed E-state index contributed by atoms with van der Waals surface area (Å²) in [6, 6.07) is 5.75. The number of imidazole rings is 1. The summed E-state index contributed by atoms with van der Waals surface area (Å²) in [6.45, 7) is 2.70. The lowest BCUT2D eigenvalue weighted by atomic mass is 10.1. The molecule has 0 unspecified atom stereocenters. The van der Waals surface area contributed by atoms with Gasteiger partial charge >= 0.3 is 6.03 Å². The molecule has 0 radical (unpaired) electrons. The van der Waals surface area contributed by atoms with Crippen LogP contribution < -0.4 is 11.1 Å². The highest BCUT2D eigenvalue weighted by atomic mass is 19.1. The number of hydrogen-bond acceptors (Lipinski definition) is 3. The predicted molar refractivity (Wildman–Crippen MR) is 78.5 cm³/mol. The Labute approximate surface area is 127 Å². The molecule has 2 amide bonds. The molecule has 0 bridgehead atoms. The SMILES string of the molecule is Cc1ncc(CCNC(N)=O)n1Cc1ccc(C#N)c(F)c1. The van der Waals surface area contributed by atoms with Crippen LogP contribution in [0.15, 0.2) is 24.4 Å². The van der Waals surface area contributed by atoms with E-state index in [2.05, 4.69) is 10.3 Å². The molecule has 2 aromatic rings. The van der Waals surface area contributed by atoms with E-state index in [1.165, 1.54) is 12.1 Å². The third-order valence-corrected chi connectivity index (χ3v) is 3.31. The summed E-state index contributed by atoms with van der Waals surface area (Å²) >= 11 is 0. The first-order chi connectivity index (χ1) is 10.5. The number of amides is 2. The maximum absolute atomic E-state index is 13.7. The molecule has 0 spiro atoms. The first-order valence-corrected chi connectivity index (χ1v) is 6.74. The third-order valence-electron chi connectivity index (χ3n) is 3.31. The number of nitriles is 1. The Balaban J connectivity index is 2.15. The van der Waals surface area contributed by atoms with Gasteiger partial charge in [0.15, 0.2) is 0 Å². The van der Waals surface area contributed by atoms with Crippen molar-refractivity contribution in [2.24, 2.45) is 5.73 Å². The summed E-state index contributed by atoms with van der Waals surface area (Å²) in [4.78, 5) is 14.9. The number of carbonyl (C=O) groups excluding carboxylic acids is 1. The van der Waals surface area contributed by atoms with Crippen LogP contribution in [0.3, 0.4) is 0 Å². The fraction of sp³-hybridized carbons (Fsp3) is 0.267. The molecule has 0 atom stereocenters. The largest absolute Gasteiger partial charge is 0.352 e. The van der Waals surface area contributed by atoms with Crippen molar-refractivity contribution in [2.45, 2.75) is 19.9 Å². The second-order valence-corrected chi connectivity index (χ2v) is 4.85. The van der Waals surface area contributed by atoms with Crippen LogP contribution in [0.5, 0.6) is 0 Å². The molecule has 22 heavy (non-hydrogen) atoms. The number of aromatic nitrogens is 2. The van der Waals surface area contributed by atoms with E-state index in [0.717, 1.165) is 17.1 Å². The molecule has 0 aliphatic carbocycles. The minimum atomic E-state index is -0.572. The van der Waals surface area contributed by atoms with Gasteiger partial charge < -0.3 is 15.6 Å². The van der Waals surface area contributed by atoms with Gasteiger partial charge in [0.25, 0.3) is 0 Å². The van der Waals surface area contributed by atoms with Crippen molar-refractivity contribution in [3.8, 4) is 6.07 Å². The van der Waals surface area contributed by atoms with Gasteiger partial charge in [-0.2, -0.15) is 5.26 Å². The van der Waals surface area contributed by atoms with Crippen LogP contribution in [-0.4, -0.2) is 22.1 Å². The Morgan fingerprint density at radius 2 is 2.32 bits per heavy atom. The third kappa shape index (κ3) is 3.61. The molecule has 0 aliphatic rings. The molecule has 2 rings (SSSR count). The fourth-order valence-electron chi connectivity index (χ4n) is 2.17. The highest BCUT2D eigenvalue weighted by molar-refractivity contribution is 5.71. The van der Waals surface area contributed by atoms with Gasteiger partial charge in [0.05, 0.1) is 5.56 Å². The van der Waals surface area contributed by atoms with E-state index < -0.39 is 11.8 Å². The van der Waals surface area contributed by atoms with Gasteiger partial charge in [-0.15, -0.1) is 0 Å². The van der Waals surface area contributed by atoms with Crippen molar-refractivity contribution in [3.05, 3.63) is 52.9 Å². The zero-order chi connectivity index (χ0) is 16.1. The molecule has 6 nitrogen and oxygen atoms in total. The number of primary amides is 1. The minimum absolute atomic E-state index is 0.0250. The van der Waals surface area contributed by atoms with Gasteiger partial charge in [-0.25, -0.2) is 14.2 Å². The summed E-state index contributed by atoms with van der Waals surface area (Å²) in [6.07, 6.45) is 2.29. The molecule has 114 valence electrons. The molecule has 0 saturated carbocycles. The summed E-state index contributed by atoms with van der Waals surface area (Å²) in [5, 5.41) is 11.3. The Morgan fingerprint density at radius 1 is 1.55 bits per heavy atom. The first-order valence-electron chi connectivity index (χ1n) is 6.74. The lowest BCUT2D eigenvalue weighted by Gasteiger charge is -2.11. The molecule has 1 aromatic carbocycles. The second kappa shape index (κ2) is 6.72. The number of nitrogens with two attached hydrogens (primary N) is 1. The number of nitrogens with one attached hydrogen (secondary N) is 1. The average molecular weight is 301 g/mol. The summed E-state index contributed by atoms with van der Waals surface area (Å²) in [5.74, 6) is 0.258. The Morgan fingerprint density at radius 3 is 2.95 bits per heavy atom. The van der Waals surface area contributed by atoms with E-state index in [4.69, 9.17) is 11.0 Å². The molecule has 7 heteroatoms. The first kappa shape index (κ1) is 15.5. The van der Waals surface area contributed by atoms with Gasteiger partial charge in [0.1, 0.15) is 17.7 Å². The highest BCUT2D eigenvalue weighted by Crippen LogP contribution is 2.14. The number of nitrogens with zero attached hydrogens (tertiary/aromatic N) is 3. The molecule has 1 aromatic heterocycles. The van der Waals surface area contributed by atoms with Gasteiger partial charge in [-0.3, -0.25) is 0 Å². The van der Waals surface area contributed by atoms with Crippen LogP contribution in [0.4, 0.5) is 9.18 Å². The second-order valence-electron chi connectivity index (χ2n) is 4.85. The Bertz CT molecular complexity index is 732. The zero-order valence-electron chi connectivity index (χ0n) is 12.1. The van der Waals surface area contributed by atoms with Crippen LogP contribution in [0.1, 0.15) is 22.6 Å². The van der Waals surface area contributed by atoms with Crippen LogP contribution in [0, 0.1) is 24.1 Å². The monoisotopic (exact) mass is 301 g/mol. The van der Waals surface area contributed by atoms with Crippen molar-refractivity contribution in [2.75, 3.05) is 6.54 Å². The van der Waals surface area contributed by atoms with E-state index in [-0.39, 0.29) is 5.56 Å². The molecule has 1 heterocycles. The highest BCUT2D eigenvalue weighted by Gasteiger charge is 2.09. The summed E-state index contributed by atoms with van der Waals surface area (Å²) in [5.41, 5.74) is 6.70. The van der Waals surface area contributed by atoms with Crippen molar-refractivity contribution >= 4 is 6.03 Å². The minimum Gasteiger partial charge on any atom is -0.352 e. The number of hydrogen-bond donors (Lipinski definition) is 2. The Hall–Kier alpha value is -2.88. The maximum Gasteiger partial charge on any atom is 0.312 e. The van der Waals surface area contributed by atoms with E-state index in [9.17, 15) is 9.18 Å². The predicted octanol–water partition coefficient (Wildman–Crippen LogP) is 1.46. The summed E-state index contributed by atoms with van der Waals surface area (Å²) < 4.78 is 15.6. The molecule has 3 N–H and O–H groups in total. The maximum atomic E-state index is 13.7. The smallest absolute Gasteiger partial charge is 0.312 e. The number of aryl methyl sites for hydroxylation is 1. The number of halogens is 1. The van der Waals surface area contributed by atoms with Gasteiger partial charge in [0, 0.05) is 31.4 Å². The van der Waals surface area contributed by atoms with E-state index >= 15 is 0 Å². The molecule has 0 saturated heterocycles. The summed E-state index contributed by atoms with van der Waals surface area (Å²) in [7, 11) is 0. The normalized spacial score (nSPS) is 10.2. The van der Waals surface area contributed by atoms with E-state index in [1.54, 1.807) is 18.3 Å². The molecular weight excluding hydrogens is 285 g/mol. The lowest BCUT2D eigenvalue weighted by molar-refractivity contribution is 0.249. The van der Waals surface area contributed by atoms with Crippen molar-refractivity contribution < 1.29 is 9.18 Å². The van der Waals surface area contributed by atoms with E-state index in [1.807, 2.05) is 11.5 Å². The van der Waals surface area contributed by atoms with Gasteiger partial charge in [-0.05, 0) is 24.6 Å². The van der Waals surface area contributed by atoms with Gasteiger partial charge in [-0.1, -0.05) is 6.07 Å². The molecular formula is C15H16FN5O. The fourth-order valence-corrected chi connectivity index (χ4v) is 2.17. The van der Waals surface area contributed by atoms with Crippen molar-refractivity contribution in [3.63, 3.8) is 0 Å². The topological polar surface area (TPSA) is 96.7 Å². The van der Waals surface area contributed by atoms with Crippen molar-refractivity contribution in [1.82, 2.24) is 14.9 Å². The number of rotatable bonds is 5. The average Bonchev–Trinajstić information content (AvgIpc) is 2.80. The van der Waals surface area contributed by atoms with Crippen LogP contribution >= 0.6 is 0 Å². The Kier molecular flexibility index (Phi) is 4.73. The van der Waals surface area contributed by atoms with Crippen LogP contribution in [-0.2, 0) is 13.0 Å². The van der Waals surface area contributed by atoms with Crippen LogP contribution in [0.25, 0.3) is 0 Å². The van der Waals surface area contributed by atoms with E-state index in [0.29, 0.717) is 19.5 Å².